The average Bonchev–Trinajstić information content (AvgIpc) is 3.61. The molecule has 1 aliphatic heterocycles. The van der Waals surface area contributed by atoms with Gasteiger partial charge in [-0.1, -0.05) is 57.2 Å². The van der Waals surface area contributed by atoms with Crippen LogP contribution in [0.25, 0.3) is 5.69 Å². The lowest BCUT2D eigenvalue weighted by molar-refractivity contribution is -0.132. The number of imidazole rings is 1. The molecule has 0 N–H and O–H groups in total. The zero-order valence-electron chi connectivity index (χ0n) is 24.6. The molecular formula is C31H38BrN7OS. The molecule has 41 heavy (non-hydrogen) atoms. The van der Waals surface area contributed by atoms with Crippen LogP contribution in [0.3, 0.4) is 0 Å². The van der Waals surface area contributed by atoms with E-state index in [-0.39, 0.29) is 24.0 Å². The normalized spacial score (nSPS) is 18.6. The Bertz CT molecular complexity index is 1520. The van der Waals surface area contributed by atoms with E-state index in [9.17, 15) is 4.79 Å². The van der Waals surface area contributed by atoms with Gasteiger partial charge in [0.05, 0.1) is 29.4 Å². The summed E-state index contributed by atoms with van der Waals surface area (Å²) in [5.41, 5.74) is 6.90. The molecule has 1 aliphatic rings. The molecule has 216 valence electrons. The molecule has 5 rings (SSSR count). The van der Waals surface area contributed by atoms with Gasteiger partial charge < -0.3 is 4.90 Å². The van der Waals surface area contributed by atoms with Crippen molar-refractivity contribution < 1.29 is 4.79 Å². The molecule has 2 aromatic carbocycles. The van der Waals surface area contributed by atoms with Crippen LogP contribution >= 0.6 is 27.7 Å². The van der Waals surface area contributed by atoms with Gasteiger partial charge in [-0.3, -0.25) is 14.3 Å². The molecule has 0 radical (unpaired) electrons. The van der Waals surface area contributed by atoms with Crippen molar-refractivity contribution in [2.75, 3.05) is 18.8 Å². The van der Waals surface area contributed by atoms with Gasteiger partial charge in [0, 0.05) is 48.6 Å². The Balaban J connectivity index is 1.18. The first kappa shape index (κ1) is 29.5. The van der Waals surface area contributed by atoms with Gasteiger partial charge in [0.15, 0.2) is 5.16 Å². The molecule has 0 unspecified atom stereocenters. The van der Waals surface area contributed by atoms with Crippen molar-refractivity contribution in [3.05, 3.63) is 87.4 Å². The minimum Gasteiger partial charge on any atom is -0.339 e. The number of carbonyl (C=O) groups excluding carboxylic acids is 1. The highest BCUT2D eigenvalue weighted by Crippen LogP contribution is 2.27. The predicted molar refractivity (Wildman–Crippen MR) is 168 cm³/mol. The highest BCUT2D eigenvalue weighted by molar-refractivity contribution is 9.10. The molecule has 1 amide bonds. The Morgan fingerprint density at radius 2 is 1.85 bits per heavy atom. The minimum atomic E-state index is 0.0929. The van der Waals surface area contributed by atoms with E-state index < -0.39 is 0 Å². The Morgan fingerprint density at radius 3 is 2.59 bits per heavy atom. The molecule has 1 fully saturated rings. The number of piperazine rings is 1. The van der Waals surface area contributed by atoms with Crippen LogP contribution in [-0.2, 0) is 11.3 Å². The fourth-order valence-electron chi connectivity index (χ4n) is 5.51. The van der Waals surface area contributed by atoms with Gasteiger partial charge in [-0.05, 0) is 75.9 Å². The van der Waals surface area contributed by atoms with Crippen molar-refractivity contribution in [3.8, 4) is 5.69 Å². The maximum atomic E-state index is 13.3. The van der Waals surface area contributed by atoms with Crippen LogP contribution in [0.1, 0.15) is 54.8 Å². The van der Waals surface area contributed by atoms with Crippen LogP contribution in [0.5, 0.6) is 0 Å². The number of hydrogen-bond donors (Lipinski definition) is 0. The van der Waals surface area contributed by atoms with Gasteiger partial charge in [0.1, 0.15) is 0 Å². The Hall–Kier alpha value is -2.95. The molecule has 0 saturated carbocycles. The van der Waals surface area contributed by atoms with Gasteiger partial charge in [0.2, 0.25) is 5.91 Å². The maximum absolute atomic E-state index is 13.3. The molecule has 4 aromatic rings. The lowest BCUT2D eigenvalue weighted by atomic mass is 10.1. The molecule has 3 heterocycles. The summed E-state index contributed by atoms with van der Waals surface area (Å²) in [6.07, 6.45) is 5.82. The number of rotatable bonds is 8. The lowest BCUT2D eigenvalue weighted by Gasteiger charge is -2.44. The number of nitrogens with zero attached hydrogens (tertiary/aromatic N) is 7. The second kappa shape index (κ2) is 12.5. The first-order valence-electron chi connectivity index (χ1n) is 14.1. The Kier molecular flexibility index (Phi) is 9.01. The maximum Gasteiger partial charge on any atom is 0.233 e. The summed E-state index contributed by atoms with van der Waals surface area (Å²) in [6.45, 7) is 14.9. The smallest absolute Gasteiger partial charge is 0.233 e. The molecule has 0 bridgehead atoms. The molecular weight excluding hydrogens is 598 g/mol. The standard InChI is InChI=1S/C31H38BrN7OS/c1-20-8-7-9-29(24(20)5)37-13-12-33-31(37)41-19-30(40)36-15-22(3)38(23(4)16-36)17-27-18-39(35-34-27)25(6)26-10-11-28(32)21(2)14-26/h7-14,18,22-23,25H,15-17,19H2,1-6H3/t22-,23+,25-/m1/s1. The van der Waals surface area contributed by atoms with E-state index in [1.807, 2.05) is 22.0 Å². The van der Waals surface area contributed by atoms with Crippen molar-refractivity contribution in [1.82, 2.24) is 34.3 Å². The van der Waals surface area contributed by atoms with Gasteiger partial charge in [-0.25, -0.2) is 9.67 Å². The topological polar surface area (TPSA) is 72.1 Å². The number of aromatic nitrogens is 5. The van der Waals surface area contributed by atoms with Crippen LogP contribution < -0.4 is 0 Å². The summed E-state index contributed by atoms with van der Waals surface area (Å²) in [6, 6.07) is 13.2. The van der Waals surface area contributed by atoms with Gasteiger partial charge in [-0.15, -0.1) is 5.10 Å². The van der Waals surface area contributed by atoms with E-state index in [0.717, 1.165) is 21.0 Å². The first-order chi connectivity index (χ1) is 19.6. The SMILES string of the molecule is Cc1cc([C@@H](C)n2cc(CN3[C@H](C)CN(C(=O)CSc4nccn4-c4cccc(C)c4C)C[C@@H]3C)nn2)ccc1Br. The number of carbonyl (C=O) groups is 1. The molecule has 3 atom stereocenters. The monoisotopic (exact) mass is 635 g/mol. The Morgan fingerprint density at radius 1 is 1.10 bits per heavy atom. The average molecular weight is 637 g/mol. The second-order valence-electron chi connectivity index (χ2n) is 11.1. The Labute approximate surface area is 255 Å². The van der Waals surface area contributed by atoms with Crippen molar-refractivity contribution in [3.63, 3.8) is 0 Å². The summed E-state index contributed by atoms with van der Waals surface area (Å²) in [7, 11) is 0. The van der Waals surface area contributed by atoms with Gasteiger partial charge in [-0.2, -0.15) is 0 Å². The fourth-order valence-corrected chi connectivity index (χ4v) is 6.62. The largest absolute Gasteiger partial charge is 0.339 e. The van der Waals surface area contributed by atoms with Crippen LogP contribution in [0, 0.1) is 20.8 Å². The van der Waals surface area contributed by atoms with Crippen molar-refractivity contribution >= 4 is 33.6 Å². The molecule has 1 saturated heterocycles. The first-order valence-corrected chi connectivity index (χ1v) is 15.8. The summed E-state index contributed by atoms with van der Waals surface area (Å²) < 4.78 is 5.12. The highest BCUT2D eigenvalue weighted by Gasteiger charge is 2.32. The van der Waals surface area contributed by atoms with Gasteiger partial charge >= 0.3 is 0 Å². The molecule has 0 spiro atoms. The zero-order valence-corrected chi connectivity index (χ0v) is 27.0. The van der Waals surface area contributed by atoms with Crippen molar-refractivity contribution in [2.45, 2.75) is 71.4 Å². The molecule has 8 nitrogen and oxygen atoms in total. The number of hydrogen-bond acceptors (Lipinski definition) is 6. The van der Waals surface area contributed by atoms with Crippen LogP contribution in [0.15, 0.2) is 64.6 Å². The lowest BCUT2D eigenvalue weighted by Crippen LogP contribution is -2.57. The van der Waals surface area contributed by atoms with Crippen LogP contribution in [0.2, 0.25) is 0 Å². The number of thioether (sulfide) groups is 1. The van der Waals surface area contributed by atoms with Crippen molar-refractivity contribution in [1.29, 1.82) is 0 Å². The van der Waals surface area contributed by atoms with E-state index in [0.29, 0.717) is 25.4 Å². The third-order valence-corrected chi connectivity index (χ3v) is 10.0. The summed E-state index contributed by atoms with van der Waals surface area (Å²) in [4.78, 5) is 22.3. The number of aryl methyl sites for hydroxylation is 2. The predicted octanol–water partition coefficient (Wildman–Crippen LogP) is 5.97. The van der Waals surface area contributed by atoms with E-state index >= 15 is 0 Å². The summed E-state index contributed by atoms with van der Waals surface area (Å²) in [5, 5.41) is 9.77. The number of halogens is 1. The second-order valence-corrected chi connectivity index (χ2v) is 12.9. The van der Waals surface area contributed by atoms with Crippen molar-refractivity contribution in [2.24, 2.45) is 0 Å². The number of benzene rings is 2. The van der Waals surface area contributed by atoms with Crippen LogP contribution in [-0.4, -0.2) is 71.2 Å². The van der Waals surface area contributed by atoms with Gasteiger partial charge in [0.25, 0.3) is 0 Å². The van der Waals surface area contributed by atoms with E-state index in [1.165, 1.54) is 34.0 Å². The molecule has 10 heteroatoms. The third kappa shape index (κ3) is 6.44. The molecule has 2 aromatic heterocycles. The molecule has 0 aliphatic carbocycles. The van der Waals surface area contributed by atoms with E-state index in [1.54, 1.807) is 6.20 Å². The van der Waals surface area contributed by atoms with E-state index in [4.69, 9.17) is 0 Å². The zero-order chi connectivity index (χ0) is 29.3. The number of amides is 1. The van der Waals surface area contributed by atoms with E-state index in [2.05, 4.69) is 119 Å². The van der Waals surface area contributed by atoms with Crippen LogP contribution in [0.4, 0.5) is 0 Å². The quantitative estimate of drug-likeness (QED) is 0.222. The minimum absolute atomic E-state index is 0.0929. The summed E-state index contributed by atoms with van der Waals surface area (Å²) >= 11 is 5.08. The highest BCUT2D eigenvalue weighted by atomic mass is 79.9. The third-order valence-electron chi connectivity index (χ3n) is 8.18. The fraction of sp³-hybridized carbons (Fsp3) is 0.419. The summed E-state index contributed by atoms with van der Waals surface area (Å²) in [5.74, 6) is 0.511.